The van der Waals surface area contributed by atoms with Gasteiger partial charge >= 0.3 is 0 Å². The summed E-state index contributed by atoms with van der Waals surface area (Å²) in [6, 6.07) is 15.2. The van der Waals surface area contributed by atoms with E-state index >= 15 is 0 Å². The predicted octanol–water partition coefficient (Wildman–Crippen LogP) is 3.50. The SMILES string of the molecule is CC(=O)c1cccc(-c2ncc3ccccc3n2)c1. The monoisotopic (exact) mass is 248 g/mol. The molecule has 3 nitrogen and oxygen atoms in total. The van der Waals surface area contributed by atoms with Gasteiger partial charge in [-0.2, -0.15) is 0 Å². The van der Waals surface area contributed by atoms with E-state index in [9.17, 15) is 4.79 Å². The highest BCUT2D eigenvalue weighted by Crippen LogP contribution is 2.19. The van der Waals surface area contributed by atoms with Crippen LogP contribution in [0.5, 0.6) is 0 Å². The van der Waals surface area contributed by atoms with Crippen molar-refractivity contribution >= 4 is 16.7 Å². The van der Waals surface area contributed by atoms with Crippen molar-refractivity contribution in [3.63, 3.8) is 0 Å². The fourth-order valence-electron chi connectivity index (χ4n) is 1.99. The van der Waals surface area contributed by atoms with Crippen LogP contribution in [-0.2, 0) is 0 Å². The minimum absolute atomic E-state index is 0.0441. The molecule has 0 unspecified atom stereocenters. The summed E-state index contributed by atoms with van der Waals surface area (Å²) in [5, 5.41) is 1.01. The predicted molar refractivity (Wildman–Crippen MR) is 75.0 cm³/mol. The first-order valence-electron chi connectivity index (χ1n) is 6.07. The standard InChI is InChI=1S/C16H12N2O/c1-11(19)12-6-4-7-13(9-12)16-17-10-14-5-2-3-8-15(14)18-16/h2-10H,1H3. The fourth-order valence-corrected chi connectivity index (χ4v) is 1.99. The summed E-state index contributed by atoms with van der Waals surface area (Å²) in [7, 11) is 0. The van der Waals surface area contributed by atoms with Gasteiger partial charge in [-0.15, -0.1) is 0 Å². The zero-order valence-electron chi connectivity index (χ0n) is 10.5. The Morgan fingerprint density at radius 1 is 1.05 bits per heavy atom. The lowest BCUT2D eigenvalue weighted by atomic mass is 10.1. The third kappa shape index (κ3) is 2.22. The number of para-hydroxylation sites is 1. The molecule has 92 valence electrons. The molecule has 0 N–H and O–H groups in total. The minimum atomic E-state index is 0.0441. The molecule has 0 aliphatic heterocycles. The van der Waals surface area contributed by atoms with E-state index in [1.807, 2.05) is 42.5 Å². The molecule has 0 amide bonds. The molecule has 0 aliphatic rings. The lowest BCUT2D eigenvalue weighted by molar-refractivity contribution is 0.101. The summed E-state index contributed by atoms with van der Waals surface area (Å²) >= 11 is 0. The Morgan fingerprint density at radius 3 is 2.74 bits per heavy atom. The molecule has 0 saturated heterocycles. The summed E-state index contributed by atoms with van der Waals surface area (Å²) in [6.07, 6.45) is 1.80. The van der Waals surface area contributed by atoms with E-state index in [0.29, 0.717) is 11.4 Å². The van der Waals surface area contributed by atoms with Crippen molar-refractivity contribution in [1.82, 2.24) is 9.97 Å². The molecule has 0 radical (unpaired) electrons. The molecule has 0 atom stereocenters. The Labute approximate surface area is 111 Å². The largest absolute Gasteiger partial charge is 0.295 e. The van der Waals surface area contributed by atoms with Gasteiger partial charge in [0, 0.05) is 22.7 Å². The smallest absolute Gasteiger partial charge is 0.159 e. The Morgan fingerprint density at radius 2 is 1.89 bits per heavy atom. The van der Waals surface area contributed by atoms with Crippen LogP contribution in [0, 0.1) is 0 Å². The Balaban J connectivity index is 2.13. The maximum atomic E-state index is 11.4. The molecule has 0 aliphatic carbocycles. The molecule has 0 spiro atoms. The van der Waals surface area contributed by atoms with Crippen molar-refractivity contribution in [2.45, 2.75) is 6.92 Å². The number of ketones is 1. The van der Waals surface area contributed by atoms with Crippen molar-refractivity contribution < 1.29 is 4.79 Å². The topological polar surface area (TPSA) is 42.9 Å². The molecule has 0 bridgehead atoms. The van der Waals surface area contributed by atoms with Gasteiger partial charge in [-0.05, 0) is 19.1 Å². The van der Waals surface area contributed by atoms with E-state index in [4.69, 9.17) is 0 Å². The molecule has 3 rings (SSSR count). The van der Waals surface area contributed by atoms with E-state index in [2.05, 4.69) is 9.97 Å². The highest BCUT2D eigenvalue weighted by atomic mass is 16.1. The van der Waals surface area contributed by atoms with Crippen LogP contribution in [0.4, 0.5) is 0 Å². The van der Waals surface area contributed by atoms with E-state index in [1.54, 1.807) is 19.2 Å². The maximum Gasteiger partial charge on any atom is 0.159 e. The molecule has 0 saturated carbocycles. The van der Waals surface area contributed by atoms with Crippen LogP contribution in [-0.4, -0.2) is 15.8 Å². The number of hydrogen-bond acceptors (Lipinski definition) is 3. The van der Waals surface area contributed by atoms with E-state index in [0.717, 1.165) is 16.5 Å². The Hall–Kier alpha value is -2.55. The molecule has 0 fully saturated rings. The fraction of sp³-hybridized carbons (Fsp3) is 0.0625. The maximum absolute atomic E-state index is 11.4. The first kappa shape index (κ1) is 11.5. The number of hydrogen-bond donors (Lipinski definition) is 0. The van der Waals surface area contributed by atoms with Crippen molar-refractivity contribution in [2.24, 2.45) is 0 Å². The number of fused-ring (bicyclic) bond motifs is 1. The third-order valence-electron chi connectivity index (χ3n) is 3.02. The van der Waals surface area contributed by atoms with Crippen molar-refractivity contribution in [1.29, 1.82) is 0 Å². The van der Waals surface area contributed by atoms with Gasteiger partial charge in [0.2, 0.25) is 0 Å². The summed E-state index contributed by atoms with van der Waals surface area (Å²) in [6.45, 7) is 1.56. The van der Waals surface area contributed by atoms with E-state index in [-0.39, 0.29) is 5.78 Å². The number of carbonyl (C=O) groups is 1. The molecule has 1 aromatic heterocycles. The second-order valence-electron chi connectivity index (χ2n) is 4.39. The number of Topliss-reactive ketones (excluding diaryl/α,β-unsaturated/α-hetero) is 1. The highest BCUT2D eigenvalue weighted by Gasteiger charge is 2.05. The first-order valence-corrected chi connectivity index (χ1v) is 6.07. The Bertz CT molecular complexity index is 765. The van der Waals surface area contributed by atoms with Crippen molar-refractivity contribution in [2.75, 3.05) is 0 Å². The van der Waals surface area contributed by atoms with Crippen LogP contribution >= 0.6 is 0 Å². The average Bonchev–Trinajstić information content (AvgIpc) is 2.47. The lowest BCUT2D eigenvalue weighted by Crippen LogP contribution is -1.94. The summed E-state index contributed by atoms with van der Waals surface area (Å²) in [5.41, 5.74) is 2.44. The van der Waals surface area contributed by atoms with Crippen molar-refractivity contribution in [3.05, 3.63) is 60.3 Å². The van der Waals surface area contributed by atoms with Crippen LogP contribution in [0.2, 0.25) is 0 Å². The molecular weight excluding hydrogens is 236 g/mol. The van der Waals surface area contributed by atoms with Gasteiger partial charge in [0.05, 0.1) is 5.52 Å². The number of nitrogens with zero attached hydrogens (tertiary/aromatic N) is 2. The van der Waals surface area contributed by atoms with Crippen LogP contribution in [0.25, 0.3) is 22.3 Å². The molecule has 2 aromatic carbocycles. The van der Waals surface area contributed by atoms with Gasteiger partial charge in [0.1, 0.15) is 0 Å². The van der Waals surface area contributed by atoms with Gasteiger partial charge in [-0.1, -0.05) is 36.4 Å². The van der Waals surface area contributed by atoms with Gasteiger partial charge in [0.15, 0.2) is 11.6 Å². The Kier molecular flexibility index (Phi) is 2.80. The zero-order chi connectivity index (χ0) is 13.2. The molecule has 1 heterocycles. The summed E-state index contributed by atoms with van der Waals surface area (Å²) < 4.78 is 0. The molecule has 3 aromatic rings. The van der Waals surface area contributed by atoms with Crippen LogP contribution in [0.15, 0.2) is 54.7 Å². The van der Waals surface area contributed by atoms with Crippen LogP contribution in [0.3, 0.4) is 0 Å². The van der Waals surface area contributed by atoms with Crippen molar-refractivity contribution in [3.8, 4) is 11.4 Å². The number of carbonyl (C=O) groups excluding carboxylic acids is 1. The average molecular weight is 248 g/mol. The van der Waals surface area contributed by atoms with Gasteiger partial charge in [0.25, 0.3) is 0 Å². The third-order valence-corrected chi connectivity index (χ3v) is 3.02. The van der Waals surface area contributed by atoms with E-state index in [1.165, 1.54) is 0 Å². The number of aromatic nitrogens is 2. The number of rotatable bonds is 2. The summed E-state index contributed by atoms with van der Waals surface area (Å²) in [4.78, 5) is 20.3. The van der Waals surface area contributed by atoms with Crippen LogP contribution in [0.1, 0.15) is 17.3 Å². The van der Waals surface area contributed by atoms with Gasteiger partial charge in [-0.25, -0.2) is 9.97 Å². The molecule has 19 heavy (non-hydrogen) atoms. The summed E-state index contributed by atoms with van der Waals surface area (Å²) in [5.74, 6) is 0.685. The molecule has 3 heteroatoms. The van der Waals surface area contributed by atoms with Gasteiger partial charge in [-0.3, -0.25) is 4.79 Å². The number of benzene rings is 2. The normalized spacial score (nSPS) is 10.6. The second-order valence-corrected chi connectivity index (χ2v) is 4.39. The van der Waals surface area contributed by atoms with Crippen LogP contribution < -0.4 is 0 Å². The molecular formula is C16H12N2O. The zero-order valence-corrected chi connectivity index (χ0v) is 10.5. The highest BCUT2D eigenvalue weighted by molar-refractivity contribution is 5.95. The second kappa shape index (κ2) is 4.61. The minimum Gasteiger partial charge on any atom is -0.295 e. The van der Waals surface area contributed by atoms with Gasteiger partial charge < -0.3 is 0 Å². The van der Waals surface area contributed by atoms with E-state index < -0.39 is 0 Å². The first-order chi connectivity index (χ1) is 9.24. The quantitative estimate of drug-likeness (QED) is 0.652. The lowest BCUT2D eigenvalue weighted by Gasteiger charge is -2.03.